The lowest BCUT2D eigenvalue weighted by Crippen LogP contribution is -2.23. The first kappa shape index (κ1) is 16.2. The fourth-order valence-corrected chi connectivity index (χ4v) is 3.75. The van der Waals surface area contributed by atoms with Crippen LogP contribution in [0.15, 0.2) is 34.5 Å². The van der Waals surface area contributed by atoms with E-state index in [-0.39, 0.29) is 21.3 Å². The molecular formula is C12H8Cl2FNO3S2. The van der Waals surface area contributed by atoms with Crippen molar-refractivity contribution >= 4 is 48.6 Å². The molecule has 2 aromatic rings. The van der Waals surface area contributed by atoms with Gasteiger partial charge in [0.05, 0.1) is 12.1 Å². The zero-order valence-electron chi connectivity index (χ0n) is 10.3. The summed E-state index contributed by atoms with van der Waals surface area (Å²) in [6.45, 7) is 0.0574. The first-order valence-corrected chi connectivity index (χ1v) is 9.04. The van der Waals surface area contributed by atoms with Crippen molar-refractivity contribution in [1.82, 2.24) is 5.32 Å². The molecule has 1 heterocycles. The summed E-state index contributed by atoms with van der Waals surface area (Å²) in [5.74, 6) is -1.33. The Bertz CT molecular complexity index is 790. The predicted octanol–water partition coefficient (Wildman–Crippen LogP) is 3.40. The van der Waals surface area contributed by atoms with E-state index in [4.69, 9.17) is 22.3 Å². The molecule has 0 fully saturated rings. The smallest absolute Gasteiger partial charge is 0.270 e. The molecule has 0 spiro atoms. The van der Waals surface area contributed by atoms with Gasteiger partial charge in [-0.2, -0.15) is 0 Å². The normalized spacial score (nSPS) is 11.4. The van der Waals surface area contributed by atoms with Gasteiger partial charge in [-0.1, -0.05) is 11.6 Å². The summed E-state index contributed by atoms with van der Waals surface area (Å²) in [7, 11) is 1.42. The van der Waals surface area contributed by atoms with E-state index in [0.29, 0.717) is 4.88 Å². The van der Waals surface area contributed by atoms with Crippen LogP contribution < -0.4 is 5.32 Å². The molecule has 0 aliphatic carbocycles. The Labute approximate surface area is 133 Å². The zero-order chi connectivity index (χ0) is 15.6. The van der Waals surface area contributed by atoms with Crippen molar-refractivity contribution in [2.24, 2.45) is 0 Å². The molecule has 2 rings (SSSR count). The number of halogens is 3. The van der Waals surface area contributed by atoms with E-state index in [1.807, 2.05) is 0 Å². The Hall–Kier alpha value is -1.15. The number of nitrogens with one attached hydrogen (secondary N) is 1. The highest BCUT2D eigenvalue weighted by Crippen LogP contribution is 2.24. The van der Waals surface area contributed by atoms with Crippen LogP contribution in [0, 0.1) is 5.82 Å². The summed E-state index contributed by atoms with van der Waals surface area (Å²) in [4.78, 5) is 12.4. The number of carbonyl (C=O) groups is 1. The predicted molar refractivity (Wildman–Crippen MR) is 79.9 cm³/mol. The molecule has 0 unspecified atom stereocenters. The van der Waals surface area contributed by atoms with Gasteiger partial charge in [0.2, 0.25) is 0 Å². The average Bonchev–Trinajstić information content (AvgIpc) is 2.87. The second kappa shape index (κ2) is 6.31. The molecule has 0 saturated carbocycles. The van der Waals surface area contributed by atoms with Gasteiger partial charge in [-0.25, -0.2) is 12.8 Å². The van der Waals surface area contributed by atoms with Crippen LogP contribution in [0.5, 0.6) is 0 Å². The molecule has 112 valence electrons. The minimum Gasteiger partial charge on any atom is -0.347 e. The lowest BCUT2D eigenvalue weighted by molar-refractivity contribution is 0.0947. The van der Waals surface area contributed by atoms with Crippen LogP contribution in [0.2, 0.25) is 5.02 Å². The SMILES string of the molecule is O=C(NCc1ccc(S(=O)(=O)Cl)s1)c1cc(Cl)ccc1F. The highest BCUT2D eigenvalue weighted by atomic mass is 35.7. The minimum absolute atomic E-state index is 0.0117. The van der Waals surface area contributed by atoms with E-state index in [2.05, 4.69) is 5.32 Å². The third-order valence-corrected chi connectivity index (χ3v) is 5.89. The van der Waals surface area contributed by atoms with Gasteiger partial charge in [0.15, 0.2) is 0 Å². The van der Waals surface area contributed by atoms with Crippen LogP contribution in [0.3, 0.4) is 0 Å². The van der Waals surface area contributed by atoms with Gasteiger partial charge < -0.3 is 5.32 Å². The van der Waals surface area contributed by atoms with Gasteiger partial charge in [0.1, 0.15) is 10.0 Å². The molecule has 1 aromatic carbocycles. The van der Waals surface area contributed by atoms with Crippen LogP contribution in [-0.2, 0) is 15.6 Å². The van der Waals surface area contributed by atoms with Crippen molar-refractivity contribution < 1.29 is 17.6 Å². The molecule has 0 saturated heterocycles. The largest absolute Gasteiger partial charge is 0.347 e. The van der Waals surface area contributed by atoms with Crippen molar-refractivity contribution in [2.45, 2.75) is 10.8 Å². The molecule has 1 amide bonds. The number of benzene rings is 1. The fourth-order valence-electron chi connectivity index (χ4n) is 1.52. The number of hydrogen-bond donors (Lipinski definition) is 1. The van der Waals surface area contributed by atoms with Crippen LogP contribution in [0.1, 0.15) is 15.2 Å². The molecule has 21 heavy (non-hydrogen) atoms. The number of hydrogen-bond acceptors (Lipinski definition) is 4. The number of amides is 1. The molecule has 0 bridgehead atoms. The summed E-state index contributed by atoms with van der Waals surface area (Å²) < 4.78 is 35.7. The zero-order valence-corrected chi connectivity index (χ0v) is 13.4. The van der Waals surface area contributed by atoms with Gasteiger partial charge in [-0.3, -0.25) is 4.79 Å². The molecule has 1 aromatic heterocycles. The van der Waals surface area contributed by atoms with Gasteiger partial charge in [0, 0.05) is 20.6 Å². The van der Waals surface area contributed by atoms with Crippen molar-refractivity contribution in [3.05, 3.63) is 51.6 Å². The molecule has 9 heteroatoms. The Kier molecular flexibility index (Phi) is 4.88. The van der Waals surface area contributed by atoms with Gasteiger partial charge in [-0.15, -0.1) is 11.3 Å². The third kappa shape index (κ3) is 4.16. The second-order valence-corrected chi connectivity index (χ2v) is 8.36. The Morgan fingerprint density at radius 1 is 1.29 bits per heavy atom. The van der Waals surface area contributed by atoms with Crippen LogP contribution in [0.4, 0.5) is 4.39 Å². The number of carbonyl (C=O) groups excluding carboxylic acids is 1. The quantitative estimate of drug-likeness (QED) is 0.842. The van der Waals surface area contributed by atoms with Crippen molar-refractivity contribution in [1.29, 1.82) is 0 Å². The van der Waals surface area contributed by atoms with E-state index >= 15 is 0 Å². The van der Waals surface area contributed by atoms with Crippen LogP contribution in [0.25, 0.3) is 0 Å². The number of thiophene rings is 1. The number of rotatable bonds is 4. The standard InChI is InChI=1S/C12H8Cl2FNO3S2/c13-7-1-3-10(15)9(5-7)12(17)16-6-8-2-4-11(20-8)21(14,18)19/h1-5H,6H2,(H,16,17). The fraction of sp³-hybridized carbons (Fsp3) is 0.0833. The molecule has 1 N–H and O–H groups in total. The van der Waals surface area contributed by atoms with Gasteiger partial charge in [-0.05, 0) is 30.3 Å². The van der Waals surface area contributed by atoms with Gasteiger partial charge >= 0.3 is 0 Å². The molecule has 4 nitrogen and oxygen atoms in total. The highest BCUT2D eigenvalue weighted by molar-refractivity contribution is 8.15. The maximum atomic E-state index is 13.5. The summed E-state index contributed by atoms with van der Waals surface area (Å²) in [5.41, 5.74) is -0.177. The molecule has 0 aliphatic heterocycles. The highest BCUT2D eigenvalue weighted by Gasteiger charge is 2.15. The Morgan fingerprint density at radius 2 is 2.00 bits per heavy atom. The third-order valence-electron chi connectivity index (χ3n) is 2.47. The van der Waals surface area contributed by atoms with Crippen LogP contribution in [-0.4, -0.2) is 14.3 Å². The Balaban J connectivity index is 2.08. The molecular weight excluding hydrogens is 360 g/mol. The summed E-state index contributed by atoms with van der Waals surface area (Å²) in [5, 5.41) is 2.73. The van der Waals surface area contributed by atoms with E-state index in [1.165, 1.54) is 24.3 Å². The molecule has 0 atom stereocenters. The van der Waals surface area contributed by atoms with E-state index < -0.39 is 20.8 Å². The van der Waals surface area contributed by atoms with Crippen LogP contribution >= 0.6 is 33.6 Å². The topological polar surface area (TPSA) is 63.2 Å². The first-order valence-electron chi connectivity index (χ1n) is 5.54. The summed E-state index contributed by atoms with van der Waals surface area (Å²) in [6.07, 6.45) is 0. The van der Waals surface area contributed by atoms with E-state index in [1.54, 1.807) is 0 Å². The monoisotopic (exact) mass is 367 g/mol. The lowest BCUT2D eigenvalue weighted by Gasteiger charge is -2.05. The van der Waals surface area contributed by atoms with Crippen molar-refractivity contribution in [2.75, 3.05) is 0 Å². The average molecular weight is 368 g/mol. The summed E-state index contributed by atoms with van der Waals surface area (Å²) >= 11 is 6.64. The second-order valence-electron chi connectivity index (χ2n) is 3.97. The Morgan fingerprint density at radius 3 is 2.62 bits per heavy atom. The maximum Gasteiger partial charge on any atom is 0.270 e. The van der Waals surface area contributed by atoms with Gasteiger partial charge in [0.25, 0.3) is 15.0 Å². The minimum atomic E-state index is -3.78. The van der Waals surface area contributed by atoms with Crippen molar-refractivity contribution in [3.63, 3.8) is 0 Å². The van der Waals surface area contributed by atoms with E-state index in [9.17, 15) is 17.6 Å². The molecule has 0 aliphatic rings. The molecule has 0 radical (unpaired) electrons. The lowest BCUT2D eigenvalue weighted by atomic mass is 10.2. The maximum absolute atomic E-state index is 13.5. The van der Waals surface area contributed by atoms with E-state index in [0.717, 1.165) is 17.4 Å². The van der Waals surface area contributed by atoms with Crippen molar-refractivity contribution in [3.8, 4) is 0 Å². The first-order chi connectivity index (χ1) is 9.77. The summed E-state index contributed by atoms with van der Waals surface area (Å²) in [6, 6.07) is 6.52.